The molecule has 1 fully saturated rings. The first-order valence-corrected chi connectivity index (χ1v) is 14.8. The summed E-state index contributed by atoms with van der Waals surface area (Å²) in [4.78, 5) is 31.8. The van der Waals surface area contributed by atoms with Gasteiger partial charge in [-0.1, -0.05) is 12.6 Å². The molecule has 1 aliphatic rings. The van der Waals surface area contributed by atoms with Gasteiger partial charge in [-0.25, -0.2) is 13.8 Å². The van der Waals surface area contributed by atoms with Crippen LogP contribution in [0.1, 0.15) is 6.42 Å². The fourth-order valence-electron chi connectivity index (χ4n) is 5.47. The quantitative estimate of drug-likeness (QED) is 0.157. The molecule has 0 atom stereocenters. The van der Waals surface area contributed by atoms with Crippen molar-refractivity contribution in [1.29, 1.82) is 0 Å². The number of hydrogen-bond acceptors (Lipinski definition) is 7. The highest BCUT2D eigenvalue weighted by molar-refractivity contribution is 7.18. The zero-order valence-corrected chi connectivity index (χ0v) is 24.9. The zero-order chi connectivity index (χ0) is 31.0. The topological polar surface area (TPSA) is 98.6 Å². The number of ether oxygens (including phenoxy) is 2. The number of aromatic nitrogens is 3. The van der Waals surface area contributed by atoms with E-state index in [1.54, 1.807) is 15.8 Å². The van der Waals surface area contributed by atoms with E-state index < -0.39 is 11.6 Å². The maximum absolute atomic E-state index is 15.7. The fourth-order valence-corrected chi connectivity index (χ4v) is 6.42. The van der Waals surface area contributed by atoms with E-state index in [-0.39, 0.29) is 60.1 Å². The molecule has 1 saturated heterocycles. The van der Waals surface area contributed by atoms with Crippen LogP contribution in [0.5, 0.6) is 5.75 Å². The highest BCUT2D eigenvalue weighted by Crippen LogP contribution is 2.46. The Labute approximate surface area is 255 Å². The van der Waals surface area contributed by atoms with Crippen molar-refractivity contribution >= 4 is 50.0 Å². The van der Waals surface area contributed by atoms with Crippen LogP contribution >= 0.6 is 11.3 Å². The van der Waals surface area contributed by atoms with Gasteiger partial charge in [-0.3, -0.25) is 14.3 Å². The average molecular weight is 618 g/mol. The molecule has 2 amide bonds. The molecule has 1 N–H and O–H groups in total. The number of pyridine rings is 1. The van der Waals surface area contributed by atoms with Gasteiger partial charge in [0.1, 0.15) is 29.8 Å². The molecule has 226 valence electrons. The van der Waals surface area contributed by atoms with E-state index in [2.05, 4.69) is 17.0 Å². The van der Waals surface area contributed by atoms with E-state index in [0.717, 1.165) is 34.0 Å². The van der Waals surface area contributed by atoms with E-state index in [4.69, 9.17) is 14.5 Å². The third-order valence-electron chi connectivity index (χ3n) is 7.62. The Balaban J connectivity index is 1.47. The van der Waals surface area contributed by atoms with Crippen molar-refractivity contribution in [2.75, 3.05) is 38.7 Å². The van der Waals surface area contributed by atoms with Crippen LogP contribution in [0.15, 0.2) is 60.6 Å². The van der Waals surface area contributed by atoms with Crippen molar-refractivity contribution in [3.63, 3.8) is 0 Å². The van der Waals surface area contributed by atoms with Crippen LogP contribution in [-0.4, -0.2) is 64.9 Å². The highest BCUT2D eigenvalue weighted by Gasteiger charge is 2.32. The Morgan fingerprint density at radius 3 is 2.75 bits per heavy atom. The zero-order valence-electron chi connectivity index (χ0n) is 24.1. The normalized spacial score (nSPS) is 13.3. The molecule has 1 aliphatic heterocycles. The Morgan fingerprint density at radius 2 is 1.98 bits per heavy atom. The number of amides is 2. The summed E-state index contributed by atoms with van der Waals surface area (Å²) >= 11 is 1.35. The minimum absolute atomic E-state index is 0.0154. The molecular weight excluding hydrogens is 588 g/mol. The van der Waals surface area contributed by atoms with Gasteiger partial charge in [-0.15, -0.1) is 11.3 Å². The Kier molecular flexibility index (Phi) is 8.11. The number of likely N-dealkylation sites (tertiary alicyclic amines) is 1. The SMILES string of the molecule is C=CC(=O)N1CC(CC(=O)Nc2nc(-c3ccc4c(cnn4C)c3)c3ccsc3c2-c2c(F)cc(F)cc2OCCOC)C1. The lowest BCUT2D eigenvalue weighted by Crippen LogP contribution is -2.50. The van der Waals surface area contributed by atoms with Gasteiger partial charge in [-0.2, -0.15) is 5.10 Å². The number of methoxy groups -OCH3 is 1. The maximum atomic E-state index is 15.7. The lowest BCUT2D eigenvalue weighted by Gasteiger charge is -2.38. The van der Waals surface area contributed by atoms with Crippen molar-refractivity contribution in [1.82, 2.24) is 19.7 Å². The van der Waals surface area contributed by atoms with E-state index in [9.17, 15) is 14.0 Å². The molecule has 5 aromatic rings. The van der Waals surface area contributed by atoms with Crippen LogP contribution in [0.25, 0.3) is 43.4 Å². The number of nitrogens with zero attached hydrogens (tertiary/aromatic N) is 4. The standard InChI is InChI=1S/C32H29F2N5O4S/c1-4-27(41)39-16-18(17-39)11-26(40)36-32-29(28-23(34)13-21(33)14-25(28)43-9-8-42-3)31-22(7-10-44-31)30(37-32)19-5-6-24-20(12-19)15-35-38(24)2/h4-7,10,12-15,18H,1,8-9,11,16-17H2,2-3H3,(H,36,37,40). The molecule has 0 aliphatic carbocycles. The van der Waals surface area contributed by atoms with Crippen LogP contribution in [-0.2, 0) is 21.4 Å². The first kappa shape index (κ1) is 29.4. The third kappa shape index (κ3) is 5.53. The maximum Gasteiger partial charge on any atom is 0.245 e. The molecule has 3 aromatic heterocycles. The lowest BCUT2D eigenvalue weighted by atomic mass is 9.95. The van der Waals surface area contributed by atoms with Crippen LogP contribution in [0.2, 0.25) is 0 Å². The first-order valence-electron chi connectivity index (χ1n) is 13.9. The number of nitrogens with one attached hydrogen (secondary N) is 1. The van der Waals surface area contributed by atoms with E-state index in [1.807, 2.05) is 36.7 Å². The largest absolute Gasteiger partial charge is 0.490 e. The van der Waals surface area contributed by atoms with Crippen LogP contribution < -0.4 is 10.1 Å². The smallest absolute Gasteiger partial charge is 0.245 e. The number of hydrogen-bond donors (Lipinski definition) is 1. The van der Waals surface area contributed by atoms with Gasteiger partial charge in [-0.05, 0) is 29.7 Å². The van der Waals surface area contributed by atoms with Gasteiger partial charge in [0, 0.05) is 78.3 Å². The molecule has 12 heteroatoms. The van der Waals surface area contributed by atoms with Crippen LogP contribution in [0, 0.1) is 17.6 Å². The number of rotatable bonds is 10. The van der Waals surface area contributed by atoms with Crippen LogP contribution in [0.4, 0.5) is 14.6 Å². The molecule has 2 aromatic carbocycles. The summed E-state index contributed by atoms with van der Waals surface area (Å²) in [7, 11) is 3.36. The van der Waals surface area contributed by atoms with Gasteiger partial charge in [0.15, 0.2) is 0 Å². The summed E-state index contributed by atoms with van der Waals surface area (Å²) in [5, 5.41) is 10.7. The fraction of sp³-hybridized carbons (Fsp3) is 0.250. The molecule has 0 spiro atoms. The monoisotopic (exact) mass is 617 g/mol. The number of halogens is 2. The first-order chi connectivity index (χ1) is 21.3. The summed E-state index contributed by atoms with van der Waals surface area (Å²) < 4.78 is 43.5. The number of carbonyl (C=O) groups excluding carboxylic acids is 2. The number of aryl methyl sites for hydroxylation is 1. The Bertz CT molecular complexity index is 1910. The second-order valence-corrected chi connectivity index (χ2v) is 11.5. The predicted octanol–water partition coefficient (Wildman–Crippen LogP) is 5.79. The second kappa shape index (κ2) is 12.1. The number of carbonyl (C=O) groups is 2. The van der Waals surface area contributed by atoms with Crippen LogP contribution in [0.3, 0.4) is 0 Å². The molecule has 0 radical (unpaired) electrons. The van der Waals surface area contributed by atoms with Gasteiger partial charge in [0.25, 0.3) is 0 Å². The van der Waals surface area contributed by atoms with Gasteiger partial charge < -0.3 is 19.7 Å². The number of thiophene rings is 1. The number of anilines is 1. The van der Waals surface area contributed by atoms with Gasteiger partial charge >= 0.3 is 0 Å². The third-order valence-corrected chi connectivity index (χ3v) is 8.55. The lowest BCUT2D eigenvalue weighted by molar-refractivity contribution is -0.134. The highest BCUT2D eigenvalue weighted by atomic mass is 32.1. The molecule has 0 unspecified atom stereocenters. The number of fused-ring (bicyclic) bond motifs is 2. The predicted molar refractivity (Wildman–Crippen MR) is 166 cm³/mol. The summed E-state index contributed by atoms with van der Waals surface area (Å²) in [6.07, 6.45) is 3.14. The van der Waals surface area contributed by atoms with E-state index in [0.29, 0.717) is 23.5 Å². The molecule has 0 saturated carbocycles. The average Bonchev–Trinajstić information content (AvgIpc) is 3.61. The van der Waals surface area contributed by atoms with Crippen molar-refractivity contribution in [3.05, 3.63) is 72.3 Å². The van der Waals surface area contributed by atoms with E-state index in [1.165, 1.54) is 24.5 Å². The molecule has 44 heavy (non-hydrogen) atoms. The number of benzene rings is 2. The van der Waals surface area contributed by atoms with Gasteiger partial charge in [0.05, 0.1) is 29.6 Å². The van der Waals surface area contributed by atoms with Crippen molar-refractivity contribution in [2.45, 2.75) is 6.42 Å². The molecule has 0 bridgehead atoms. The second-order valence-electron chi connectivity index (χ2n) is 10.6. The van der Waals surface area contributed by atoms with Crippen molar-refractivity contribution < 1.29 is 27.8 Å². The van der Waals surface area contributed by atoms with E-state index >= 15 is 4.39 Å². The minimum atomic E-state index is -0.855. The van der Waals surface area contributed by atoms with Gasteiger partial charge in [0.2, 0.25) is 11.8 Å². The molecule has 9 nitrogen and oxygen atoms in total. The minimum Gasteiger partial charge on any atom is -0.490 e. The summed E-state index contributed by atoms with van der Waals surface area (Å²) in [5.74, 6) is -2.15. The summed E-state index contributed by atoms with van der Waals surface area (Å²) in [6.45, 7) is 4.63. The summed E-state index contributed by atoms with van der Waals surface area (Å²) in [5.41, 5.74) is 2.58. The van der Waals surface area contributed by atoms with Crippen molar-refractivity contribution in [2.24, 2.45) is 13.0 Å². The molecule has 4 heterocycles. The Morgan fingerprint density at radius 1 is 1.16 bits per heavy atom. The Hall–Kier alpha value is -4.68. The van der Waals surface area contributed by atoms with Crippen molar-refractivity contribution in [3.8, 4) is 28.1 Å². The molecule has 6 rings (SSSR count). The molecular formula is C32H29F2N5O4S. The summed E-state index contributed by atoms with van der Waals surface area (Å²) in [6, 6.07) is 9.61.